The van der Waals surface area contributed by atoms with Crippen molar-refractivity contribution in [2.24, 2.45) is 0 Å². The van der Waals surface area contributed by atoms with Gasteiger partial charge < -0.3 is 19.0 Å². The molecule has 0 aliphatic carbocycles. The molecule has 2 aromatic rings. The topological polar surface area (TPSA) is 49.2 Å². The molecule has 2 aliphatic rings. The first-order valence-corrected chi connectivity index (χ1v) is 9.65. The number of hydrogen-bond acceptors (Lipinski definition) is 6. The van der Waals surface area contributed by atoms with Crippen molar-refractivity contribution in [3.63, 3.8) is 0 Å². The number of anilines is 1. The Hall–Kier alpha value is -2.15. The maximum Gasteiger partial charge on any atom is 0.200 e. The van der Waals surface area contributed by atoms with Crippen molar-refractivity contribution in [1.82, 2.24) is 9.80 Å². The fourth-order valence-corrected chi connectivity index (χ4v) is 3.58. The Kier molecular flexibility index (Phi) is 5.57. The zero-order valence-corrected chi connectivity index (χ0v) is 15.9. The normalized spacial score (nSPS) is 19.4. The van der Waals surface area contributed by atoms with Gasteiger partial charge >= 0.3 is 0 Å². The highest BCUT2D eigenvalue weighted by Gasteiger charge is 2.16. The lowest BCUT2D eigenvalue weighted by Gasteiger charge is -2.32. The molecule has 0 unspecified atom stereocenters. The number of hydrogen-bond donors (Lipinski definition) is 0. The molecular formula is C21H27N3O3. The molecule has 144 valence electrons. The third-order valence-electron chi connectivity index (χ3n) is 5.32. The number of ether oxygens (including phenoxy) is 1. The van der Waals surface area contributed by atoms with Gasteiger partial charge in [-0.25, -0.2) is 0 Å². The summed E-state index contributed by atoms with van der Waals surface area (Å²) in [5, 5.41) is 0. The molecule has 0 bridgehead atoms. The van der Waals surface area contributed by atoms with Crippen molar-refractivity contribution in [2.45, 2.75) is 6.54 Å². The molecule has 2 fully saturated rings. The van der Waals surface area contributed by atoms with Gasteiger partial charge in [-0.05, 0) is 12.6 Å². The zero-order chi connectivity index (χ0) is 18.6. The smallest absolute Gasteiger partial charge is 0.200 e. The minimum absolute atomic E-state index is 0.0285. The van der Waals surface area contributed by atoms with Gasteiger partial charge in [-0.1, -0.05) is 24.3 Å². The molecule has 2 saturated heterocycles. The highest BCUT2D eigenvalue weighted by atomic mass is 16.5. The van der Waals surface area contributed by atoms with Gasteiger partial charge in [0.2, 0.25) is 0 Å². The van der Waals surface area contributed by atoms with E-state index in [9.17, 15) is 4.79 Å². The standard InChI is InChI=1S/C21H27N3O3/c1-22-6-8-23(9-7-22)16-17-2-4-18(5-3-17)20-14-19(25)15-21(27-20)24-10-12-26-13-11-24/h2-5,14-15H,6-13,16H2,1H3. The van der Waals surface area contributed by atoms with Gasteiger partial charge in [0.15, 0.2) is 11.3 Å². The lowest BCUT2D eigenvalue weighted by Crippen LogP contribution is -2.43. The fourth-order valence-electron chi connectivity index (χ4n) is 3.58. The molecule has 0 saturated carbocycles. The summed E-state index contributed by atoms with van der Waals surface area (Å²) < 4.78 is 11.4. The van der Waals surface area contributed by atoms with Gasteiger partial charge in [0.05, 0.1) is 13.2 Å². The highest BCUT2D eigenvalue weighted by Crippen LogP contribution is 2.24. The lowest BCUT2D eigenvalue weighted by molar-refractivity contribution is 0.120. The van der Waals surface area contributed by atoms with Crippen LogP contribution in [0.5, 0.6) is 0 Å². The van der Waals surface area contributed by atoms with Crippen LogP contribution in [-0.2, 0) is 11.3 Å². The third-order valence-corrected chi connectivity index (χ3v) is 5.32. The number of nitrogens with zero attached hydrogens (tertiary/aromatic N) is 3. The molecule has 0 N–H and O–H groups in total. The van der Waals surface area contributed by atoms with Crippen LogP contribution in [0.25, 0.3) is 11.3 Å². The second-order valence-electron chi connectivity index (χ2n) is 7.37. The number of likely N-dealkylation sites (N-methyl/N-ethyl adjacent to an activating group) is 1. The van der Waals surface area contributed by atoms with E-state index in [2.05, 4.69) is 33.9 Å². The van der Waals surface area contributed by atoms with E-state index in [1.807, 2.05) is 12.1 Å². The summed E-state index contributed by atoms with van der Waals surface area (Å²) in [6.07, 6.45) is 0. The van der Waals surface area contributed by atoms with Crippen LogP contribution in [0.2, 0.25) is 0 Å². The molecular weight excluding hydrogens is 342 g/mol. The van der Waals surface area contributed by atoms with Gasteiger partial charge in [-0.15, -0.1) is 0 Å². The second kappa shape index (κ2) is 8.25. The molecule has 3 heterocycles. The molecule has 1 aromatic carbocycles. The van der Waals surface area contributed by atoms with E-state index in [-0.39, 0.29) is 5.43 Å². The van der Waals surface area contributed by atoms with E-state index in [0.717, 1.165) is 51.4 Å². The number of morpholine rings is 1. The van der Waals surface area contributed by atoms with Gasteiger partial charge in [0, 0.05) is 63.5 Å². The molecule has 27 heavy (non-hydrogen) atoms. The fraction of sp³-hybridized carbons (Fsp3) is 0.476. The molecule has 0 spiro atoms. The molecule has 6 nitrogen and oxygen atoms in total. The molecule has 0 amide bonds. The summed E-state index contributed by atoms with van der Waals surface area (Å²) in [6.45, 7) is 8.24. The van der Waals surface area contributed by atoms with Crippen LogP contribution in [-0.4, -0.2) is 69.3 Å². The SMILES string of the molecule is CN1CCN(Cc2ccc(-c3cc(=O)cc(N4CCOCC4)o3)cc2)CC1. The predicted molar refractivity (Wildman–Crippen MR) is 106 cm³/mol. The van der Waals surface area contributed by atoms with Crippen LogP contribution in [0.4, 0.5) is 5.88 Å². The Labute approximate surface area is 159 Å². The first kappa shape index (κ1) is 18.2. The Morgan fingerprint density at radius 1 is 0.926 bits per heavy atom. The quantitative estimate of drug-likeness (QED) is 0.820. The Balaban J connectivity index is 1.48. The summed E-state index contributed by atoms with van der Waals surface area (Å²) in [5.74, 6) is 1.25. The van der Waals surface area contributed by atoms with Crippen LogP contribution in [0.1, 0.15) is 5.56 Å². The highest BCUT2D eigenvalue weighted by molar-refractivity contribution is 5.59. The van der Waals surface area contributed by atoms with Gasteiger partial charge in [-0.3, -0.25) is 9.69 Å². The summed E-state index contributed by atoms with van der Waals surface area (Å²) in [4.78, 5) is 19.1. The zero-order valence-electron chi connectivity index (χ0n) is 15.9. The monoisotopic (exact) mass is 369 g/mol. The predicted octanol–water partition coefficient (Wildman–Crippen LogP) is 1.89. The largest absolute Gasteiger partial charge is 0.440 e. The Bertz CT molecular complexity index is 804. The Morgan fingerprint density at radius 2 is 1.63 bits per heavy atom. The van der Waals surface area contributed by atoms with E-state index >= 15 is 0 Å². The van der Waals surface area contributed by atoms with E-state index in [1.54, 1.807) is 12.1 Å². The van der Waals surface area contributed by atoms with Crippen LogP contribution in [0.15, 0.2) is 45.6 Å². The van der Waals surface area contributed by atoms with E-state index in [1.165, 1.54) is 5.56 Å². The number of benzene rings is 1. The maximum absolute atomic E-state index is 12.2. The summed E-state index contributed by atoms with van der Waals surface area (Å²) in [6, 6.07) is 11.5. The van der Waals surface area contributed by atoms with Gasteiger partial charge in [-0.2, -0.15) is 0 Å². The van der Waals surface area contributed by atoms with E-state index in [0.29, 0.717) is 24.9 Å². The molecule has 6 heteroatoms. The van der Waals surface area contributed by atoms with E-state index in [4.69, 9.17) is 9.15 Å². The molecule has 0 atom stereocenters. The van der Waals surface area contributed by atoms with Crippen LogP contribution >= 0.6 is 0 Å². The number of piperazine rings is 1. The molecule has 4 rings (SSSR count). The second-order valence-corrected chi connectivity index (χ2v) is 7.37. The maximum atomic E-state index is 12.2. The first-order chi connectivity index (χ1) is 13.2. The Morgan fingerprint density at radius 3 is 2.33 bits per heavy atom. The summed E-state index contributed by atoms with van der Waals surface area (Å²) in [5.41, 5.74) is 2.19. The van der Waals surface area contributed by atoms with Crippen molar-refractivity contribution in [2.75, 3.05) is 64.4 Å². The van der Waals surface area contributed by atoms with Crippen molar-refractivity contribution in [3.8, 4) is 11.3 Å². The van der Waals surface area contributed by atoms with Gasteiger partial charge in [0.1, 0.15) is 5.76 Å². The van der Waals surface area contributed by atoms with Crippen LogP contribution in [0.3, 0.4) is 0 Å². The van der Waals surface area contributed by atoms with Crippen LogP contribution in [0, 0.1) is 0 Å². The molecule has 0 radical (unpaired) electrons. The van der Waals surface area contributed by atoms with Crippen LogP contribution < -0.4 is 10.3 Å². The average Bonchev–Trinajstić information content (AvgIpc) is 2.70. The number of rotatable bonds is 4. The third kappa shape index (κ3) is 4.58. The molecule has 2 aliphatic heterocycles. The van der Waals surface area contributed by atoms with E-state index < -0.39 is 0 Å². The summed E-state index contributed by atoms with van der Waals surface area (Å²) in [7, 11) is 2.17. The summed E-state index contributed by atoms with van der Waals surface area (Å²) >= 11 is 0. The van der Waals surface area contributed by atoms with Crippen molar-refractivity contribution < 1.29 is 9.15 Å². The van der Waals surface area contributed by atoms with Gasteiger partial charge in [0.25, 0.3) is 0 Å². The van der Waals surface area contributed by atoms with Crippen molar-refractivity contribution >= 4 is 5.88 Å². The minimum Gasteiger partial charge on any atom is -0.440 e. The first-order valence-electron chi connectivity index (χ1n) is 9.65. The lowest BCUT2D eigenvalue weighted by atomic mass is 10.1. The van der Waals surface area contributed by atoms with Crippen molar-refractivity contribution in [1.29, 1.82) is 0 Å². The average molecular weight is 369 g/mol. The van der Waals surface area contributed by atoms with Crippen molar-refractivity contribution in [3.05, 3.63) is 52.2 Å². The molecule has 1 aromatic heterocycles. The minimum atomic E-state index is -0.0285.